The lowest BCUT2D eigenvalue weighted by molar-refractivity contribution is 0.0550. The van der Waals surface area contributed by atoms with Crippen LogP contribution in [0.1, 0.15) is 41.7 Å². The van der Waals surface area contributed by atoms with Crippen molar-refractivity contribution in [2.24, 2.45) is 5.73 Å². The van der Waals surface area contributed by atoms with Gasteiger partial charge in [-0.2, -0.15) is 5.10 Å². The third-order valence-corrected chi connectivity index (χ3v) is 4.85. The lowest BCUT2D eigenvalue weighted by atomic mass is 9.76. The number of amides is 1. The molecule has 0 radical (unpaired) electrons. The highest BCUT2D eigenvalue weighted by Crippen LogP contribution is 2.34. The van der Waals surface area contributed by atoms with Crippen LogP contribution in [0.2, 0.25) is 0 Å². The molecule has 4 N–H and O–H groups in total. The lowest BCUT2D eigenvalue weighted by Gasteiger charge is -2.22. The second-order valence-corrected chi connectivity index (χ2v) is 6.97. The summed E-state index contributed by atoms with van der Waals surface area (Å²) in [6, 6.07) is 2.89. The predicted octanol–water partition coefficient (Wildman–Crippen LogP) is 2.17. The largest absolute Gasteiger partial charge is 0.555 e. The molecule has 156 valence electrons. The number of fused-ring (bicyclic) bond motifs is 1. The van der Waals surface area contributed by atoms with Crippen molar-refractivity contribution in [2.75, 3.05) is 18.5 Å². The summed E-state index contributed by atoms with van der Waals surface area (Å²) in [6.07, 6.45) is 5.02. The van der Waals surface area contributed by atoms with Gasteiger partial charge in [0, 0.05) is 36.7 Å². The van der Waals surface area contributed by atoms with Crippen molar-refractivity contribution in [3.05, 3.63) is 40.7 Å². The van der Waals surface area contributed by atoms with E-state index in [0.717, 1.165) is 12.8 Å². The summed E-state index contributed by atoms with van der Waals surface area (Å²) in [4.78, 5) is 11.9. The number of hydrogen-bond acceptors (Lipinski definition) is 7. The number of nitrogens with zero attached hydrogens (tertiary/aromatic N) is 3. The lowest BCUT2D eigenvalue weighted by Crippen LogP contribution is -2.27. The van der Waals surface area contributed by atoms with Gasteiger partial charge in [-0.1, -0.05) is 6.08 Å². The summed E-state index contributed by atoms with van der Waals surface area (Å²) in [5.74, 6) is -1.05. The van der Waals surface area contributed by atoms with Crippen LogP contribution in [0.4, 0.5) is 15.9 Å². The van der Waals surface area contributed by atoms with Crippen molar-refractivity contribution < 1.29 is 23.6 Å². The van der Waals surface area contributed by atoms with Gasteiger partial charge in [0.25, 0.3) is 5.91 Å². The van der Waals surface area contributed by atoms with Gasteiger partial charge >= 0.3 is 7.12 Å². The average molecular weight is 413 g/mol. The first-order valence-electron chi connectivity index (χ1n) is 9.28. The number of ether oxygens (including phenoxy) is 1. The Morgan fingerprint density at radius 1 is 1.50 bits per heavy atom. The van der Waals surface area contributed by atoms with E-state index in [4.69, 9.17) is 20.4 Å². The van der Waals surface area contributed by atoms with Crippen molar-refractivity contribution in [1.82, 2.24) is 9.78 Å². The van der Waals surface area contributed by atoms with Crippen molar-refractivity contribution in [1.29, 1.82) is 5.26 Å². The van der Waals surface area contributed by atoms with Crippen LogP contribution in [-0.2, 0) is 4.74 Å². The van der Waals surface area contributed by atoms with Gasteiger partial charge in [-0.25, -0.2) is 9.65 Å². The van der Waals surface area contributed by atoms with E-state index in [9.17, 15) is 14.2 Å². The number of allylic oxidation sites excluding steroid dienone is 1. The monoisotopic (exact) mass is 413 g/mol. The minimum absolute atomic E-state index is 0.0168. The molecule has 2 aliphatic rings. The zero-order valence-electron chi connectivity index (χ0n) is 16.3. The summed E-state index contributed by atoms with van der Waals surface area (Å²) < 4.78 is 26.8. The molecule has 0 unspecified atom stereocenters. The number of benzene rings is 1. The number of aromatic nitrogens is 2. The van der Waals surface area contributed by atoms with E-state index in [1.165, 1.54) is 6.07 Å². The smallest absolute Gasteiger partial charge is 0.530 e. The van der Waals surface area contributed by atoms with Gasteiger partial charge in [0.05, 0.1) is 12.6 Å². The number of carbonyl (C=O) groups excluding carboxylic acids is 1. The number of carbonyl (C=O) groups is 1. The van der Waals surface area contributed by atoms with Crippen molar-refractivity contribution in [3.63, 3.8) is 0 Å². The molecular weight excluding hydrogens is 392 g/mol. The van der Waals surface area contributed by atoms with Crippen LogP contribution in [0.3, 0.4) is 0 Å². The van der Waals surface area contributed by atoms with Gasteiger partial charge in [-0.05, 0) is 31.3 Å². The maximum absolute atomic E-state index is 14.5. The number of hydrogen-bond donors (Lipinski definition) is 3. The van der Waals surface area contributed by atoms with Gasteiger partial charge in [0.1, 0.15) is 11.3 Å². The summed E-state index contributed by atoms with van der Waals surface area (Å²) in [5, 5.41) is 23.6. The number of nitrogens with one attached hydrogen (secondary N) is 1. The van der Waals surface area contributed by atoms with Crippen LogP contribution in [0.15, 0.2) is 23.8 Å². The highest BCUT2D eigenvalue weighted by molar-refractivity contribution is 6.54. The van der Waals surface area contributed by atoms with E-state index in [-0.39, 0.29) is 23.2 Å². The van der Waals surface area contributed by atoms with Crippen LogP contribution in [-0.4, -0.2) is 41.0 Å². The first kappa shape index (κ1) is 21.4. The van der Waals surface area contributed by atoms with E-state index in [2.05, 4.69) is 17.0 Å². The molecule has 1 fully saturated rings. The van der Waals surface area contributed by atoms with Crippen molar-refractivity contribution >= 4 is 30.6 Å². The number of nitriles is 1. The Kier molecular flexibility index (Phi) is 6.39. The zero-order valence-corrected chi connectivity index (χ0v) is 16.3. The molecule has 1 saturated heterocycles. The standard InChI is InChI=1S/C18H20BFN4O4.CHN/c1-10-5-11-6-12(7-15(20)16(11)28-19(10)26)22-18-14(17(21)25)8-24(23-18)13-3-2-4-27-9-13;1-2/h5-8,13,26H,2-4,9H2,1H3,(H2,21,25)(H,22,23);1H/t13-;/m1./s1. The molecule has 1 aromatic carbocycles. The molecule has 1 amide bonds. The Bertz CT molecular complexity index is 1000. The van der Waals surface area contributed by atoms with E-state index in [1.54, 1.807) is 29.9 Å². The number of rotatable bonds is 4. The zero-order chi connectivity index (χ0) is 21.8. The van der Waals surface area contributed by atoms with Crippen LogP contribution < -0.4 is 15.7 Å². The second-order valence-electron chi connectivity index (χ2n) is 6.97. The Morgan fingerprint density at radius 3 is 2.93 bits per heavy atom. The van der Waals surface area contributed by atoms with Crippen molar-refractivity contribution in [2.45, 2.75) is 25.8 Å². The van der Waals surface area contributed by atoms with Crippen molar-refractivity contribution in [3.8, 4) is 12.3 Å². The number of primary amides is 1. The normalized spacial score (nSPS) is 17.7. The molecule has 9 nitrogen and oxygen atoms in total. The quantitative estimate of drug-likeness (QED) is 0.654. The molecule has 11 heteroatoms. The Hall–Kier alpha value is -3.36. The summed E-state index contributed by atoms with van der Waals surface area (Å²) in [5.41, 5.74) is 7.12. The van der Waals surface area contributed by atoms with Crippen LogP contribution in [0.25, 0.3) is 6.08 Å². The third kappa shape index (κ3) is 4.29. The molecular formula is C19H21BFN5O4. The molecule has 0 spiro atoms. The van der Waals surface area contributed by atoms with Gasteiger partial charge < -0.3 is 25.5 Å². The maximum atomic E-state index is 14.5. The van der Waals surface area contributed by atoms with Gasteiger partial charge in [0.2, 0.25) is 0 Å². The number of nitrogens with two attached hydrogens (primary N) is 1. The highest BCUT2D eigenvalue weighted by atomic mass is 19.1. The number of halogens is 1. The summed E-state index contributed by atoms with van der Waals surface area (Å²) in [6.45, 7) is 6.41. The second kappa shape index (κ2) is 8.98. The van der Waals surface area contributed by atoms with Crippen LogP contribution in [0, 0.1) is 17.7 Å². The van der Waals surface area contributed by atoms with E-state index < -0.39 is 18.8 Å². The molecule has 0 aliphatic carbocycles. The SMILES string of the molecule is C#N.CC1=Cc2cc(Nc3nn([C@@H]4CCCOC4)cc3C(N)=O)cc(F)c2OB1O. The Balaban J connectivity index is 0.00000124. The summed E-state index contributed by atoms with van der Waals surface area (Å²) in [7, 11) is -1.17. The van der Waals surface area contributed by atoms with E-state index >= 15 is 0 Å². The van der Waals surface area contributed by atoms with E-state index in [1.807, 2.05) is 0 Å². The van der Waals surface area contributed by atoms with Gasteiger partial charge in [0.15, 0.2) is 11.6 Å². The van der Waals surface area contributed by atoms with E-state index in [0.29, 0.717) is 29.9 Å². The molecule has 2 aromatic rings. The maximum Gasteiger partial charge on any atom is 0.555 e. The first-order chi connectivity index (χ1) is 14.4. The summed E-state index contributed by atoms with van der Waals surface area (Å²) >= 11 is 0. The fourth-order valence-electron chi connectivity index (χ4n) is 3.36. The predicted molar refractivity (Wildman–Crippen MR) is 108 cm³/mol. The Labute approximate surface area is 173 Å². The first-order valence-corrected chi connectivity index (χ1v) is 9.28. The minimum Gasteiger partial charge on any atom is -0.530 e. The van der Waals surface area contributed by atoms with Crippen LogP contribution >= 0.6 is 0 Å². The molecule has 0 bridgehead atoms. The molecule has 30 heavy (non-hydrogen) atoms. The van der Waals surface area contributed by atoms with Gasteiger partial charge in [-0.3, -0.25) is 9.48 Å². The molecule has 1 aromatic heterocycles. The minimum atomic E-state index is -1.17. The fourth-order valence-corrected chi connectivity index (χ4v) is 3.36. The number of anilines is 2. The molecule has 3 heterocycles. The Morgan fingerprint density at radius 2 is 2.27 bits per heavy atom. The topological polar surface area (TPSA) is 135 Å². The van der Waals surface area contributed by atoms with Gasteiger partial charge in [-0.15, -0.1) is 0 Å². The third-order valence-electron chi connectivity index (χ3n) is 4.85. The highest BCUT2D eigenvalue weighted by Gasteiger charge is 2.27. The average Bonchev–Trinajstić information content (AvgIpc) is 3.16. The molecule has 1 atom stereocenters. The van der Waals surface area contributed by atoms with Crippen LogP contribution in [0.5, 0.6) is 5.75 Å². The molecule has 0 saturated carbocycles. The molecule has 4 rings (SSSR count). The fraction of sp³-hybridized carbons (Fsp3) is 0.316. The molecule has 2 aliphatic heterocycles.